The molecule has 116 valence electrons. The molecule has 3 aromatic rings. The van der Waals surface area contributed by atoms with E-state index in [1.807, 2.05) is 12.1 Å². The molecule has 0 bridgehead atoms. The zero-order valence-electron chi connectivity index (χ0n) is 12.5. The summed E-state index contributed by atoms with van der Waals surface area (Å²) in [5.41, 5.74) is 2.41. The number of anilines is 1. The van der Waals surface area contributed by atoms with Crippen LogP contribution in [0.15, 0.2) is 53.6 Å². The second-order valence-electron chi connectivity index (χ2n) is 5.05. The van der Waals surface area contributed by atoms with E-state index in [9.17, 15) is 9.59 Å². The molecule has 2 aromatic carbocycles. The van der Waals surface area contributed by atoms with E-state index < -0.39 is 0 Å². The molecule has 0 fully saturated rings. The van der Waals surface area contributed by atoms with Crippen LogP contribution in [-0.2, 0) is 11.3 Å². The van der Waals surface area contributed by atoms with Gasteiger partial charge in [0, 0.05) is 18.4 Å². The van der Waals surface area contributed by atoms with Crippen molar-refractivity contribution in [1.82, 2.24) is 9.97 Å². The number of fused-ring (bicyclic) bond motifs is 1. The fourth-order valence-electron chi connectivity index (χ4n) is 2.27. The molecule has 23 heavy (non-hydrogen) atoms. The zero-order valence-corrected chi connectivity index (χ0v) is 12.5. The molecule has 0 saturated heterocycles. The molecule has 0 unspecified atom stereocenters. The predicted molar refractivity (Wildman–Crippen MR) is 87.5 cm³/mol. The van der Waals surface area contributed by atoms with Crippen LogP contribution in [0.25, 0.3) is 10.9 Å². The third-order valence-electron chi connectivity index (χ3n) is 3.43. The maximum Gasteiger partial charge on any atom is 0.258 e. The molecule has 1 amide bonds. The molecule has 0 aliphatic rings. The van der Waals surface area contributed by atoms with Crippen molar-refractivity contribution in [3.8, 4) is 0 Å². The number of aromatic amines is 1. The number of carbonyl (C=O) groups is 1. The molecule has 6 nitrogen and oxygen atoms in total. The highest BCUT2D eigenvalue weighted by Gasteiger charge is 2.08. The molecule has 0 spiro atoms. The van der Waals surface area contributed by atoms with Crippen LogP contribution >= 0.6 is 0 Å². The van der Waals surface area contributed by atoms with Crippen LogP contribution in [0.2, 0.25) is 0 Å². The standard InChI is InChI=1S/C17H15N3O3/c1-23-9-11-2-4-12(5-3-11)16(21)20-13-6-7-15-14(8-13)17(22)19-10-18-15/h2-8,10H,9H2,1H3,(H,20,21)(H,18,19,22). The minimum atomic E-state index is -0.242. The average molecular weight is 309 g/mol. The number of carbonyl (C=O) groups excluding carboxylic acids is 1. The van der Waals surface area contributed by atoms with Crippen molar-refractivity contribution in [3.05, 3.63) is 70.3 Å². The van der Waals surface area contributed by atoms with Crippen LogP contribution in [0.5, 0.6) is 0 Å². The molecule has 0 aliphatic heterocycles. The van der Waals surface area contributed by atoms with Crippen LogP contribution in [0.3, 0.4) is 0 Å². The molecular formula is C17H15N3O3. The Labute approximate surface area is 132 Å². The van der Waals surface area contributed by atoms with Gasteiger partial charge in [-0.25, -0.2) is 4.98 Å². The summed E-state index contributed by atoms with van der Waals surface area (Å²) in [5, 5.41) is 3.21. The van der Waals surface area contributed by atoms with Crippen molar-refractivity contribution >= 4 is 22.5 Å². The normalized spacial score (nSPS) is 10.7. The van der Waals surface area contributed by atoms with Gasteiger partial charge >= 0.3 is 0 Å². The Hall–Kier alpha value is -2.99. The monoisotopic (exact) mass is 309 g/mol. The van der Waals surface area contributed by atoms with E-state index in [0.29, 0.717) is 28.8 Å². The fraction of sp³-hybridized carbons (Fsp3) is 0.118. The van der Waals surface area contributed by atoms with Crippen molar-refractivity contribution in [2.24, 2.45) is 0 Å². The summed E-state index contributed by atoms with van der Waals surface area (Å²) < 4.78 is 5.04. The van der Waals surface area contributed by atoms with Gasteiger partial charge in [0.15, 0.2) is 0 Å². The van der Waals surface area contributed by atoms with Crippen LogP contribution in [0.1, 0.15) is 15.9 Å². The van der Waals surface area contributed by atoms with E-state index in [0.717, 1.165) is 5.56 Å². The van der Waals surface area contributed by atoms with E-state index >= 15 is 0 Å². The summed E-state index contributed by atoms with van der Waals surface area (Å²) in [7, 11) is 1.62. The number of methoxy groups -OCH3 is 1. The number of nitrogens with one attached hydrogen (secondary N) is 2. The van der Waals surface area contributed by atoms with E-state index in [-0.39, 0.29) is 11.5 Å². The van der Waals surface area contributed by atoms with Gasteiger partial charge in [-0.3, -0.25) is 9.59 Å². The Morgan fingerprint density at radius 1 is 1.22 bits per heavy atom. The summed E-state index contributed by atoms with van der Waals surface area (Å²) in [4.78, 5) is 30.6. The van der Waals surface area contributed by atoms with Gasteiger partial charge < -0.3 is 15.0 Å². The highest BCUT2D eigenvalue weighted by atomic mass is 16.5. The number of rotatable bonds is 4. The summed E-state index contributed by atoms with van der Waals surface area (Å²) in [6, 6.07) is 12.2. The molecule has 1 heterocycles. The van der Waals surface area contributed by atoms with Crippen LogP contribution in [0, 0.1) is 0 Å². The lowest BCUT2D eigenvalue weighted by Crippen LogP contribution is -2.13. The van der Waals surface area contributed by atoms with E-state index in [1.165, 1.54) is 6.33 Å². The van der Waals surface area contributed by atoms with Crippen LogP contribution in [0.4, 0.5) is 5.69 Å². The van der Waals surface area contributed by atoms with Gasteiger partial charge in [0.2, 0.25) is 0 Å². The first-order valence-electron chi connectivity index (χ1n) is 7.04. The number of H-pyrrole nitrogens is 1. The number of nitrogens with zero attached hydrogens (tertiary/aromatic N) is 1. The summed E-state index contributed by atoms with van der Waals surface area (Å²) in [6.07, 6.45) is 1.35. The number of hydrogen-bond donors (Lipinski definition) is 2. The second kappa shape index (κ2) is 6.41. The topological polar surface area (TPSA) is 84.1 Å². The molecule has 2 N–H and O–H groups in total. The Kier molecular flexibility index (Phi) is 4.16. The van der Waals surface area contributed by atoms with Gasteiger partial charge in [-0.1, -0.05) is 12.1 Å². The average Bonchev–Trinajstić information content (AvgIpc) is 2.56. The SMILES string of the molecule is COCc1ccc(C(=O)Nc2ccc3nc[nH]c(=O)c3c2)cc1. The van der Waals surface area contributed by atoms with Gasteiger partial charge in [-0.2, -0.15) is 0 Å². The molecule has 0 atom stereocenters. The Morgan fingerprint density at radius 3 is 2.74 bits per heavy atom. The second-order valence-corrected chi connectivity index (χ2v) is 5.05. The highest BCUT2D eigenvalue weighted by molar-refractivity contribution is 6.05. The Morgan fingerprint density at radius 2 is 2.00 bits per heavy atom. The van der Waals surface area contributed by atoms with Gasteiger partial charge in [-0.05, 0) is 35.9 Å². The van der Waals surface area contributed by atoms with Gasteiger partial charge in [0.1, 0.15) is 0 Å². The zero-order chi connectivity index (χ0) is 16.2. The van der Waals surface area contributed by atoms with Crippen molar-refractivity contribution in [1.29, 1.82) is 0 Å². The molecule has 0 aliphatic carbocycles. The van der Waals surface area contributed by atoms with E-state index in [2.05, 4.69) is 15.3 Å². The van der Waals surface area contributed by atoms with Crippen molar-refractivity contribution in [2.75, 3.05) is 12.4 Å². The first-order chi connectivity index (χ1) is 11.2. The number of amides is 1. The quantitative estimate of drug-likeness (QED) is 0.774. The number of ether oxygens (including phenoxy) is 1. The number of hydrogen-bond acceptors (Lipinski definition) is 4. The van der Waals surface area contributed by atoms with Crippen molar-refractivity contribution < 1.29 is 9.53 Å². The minimum absolute atomic E-state index is 0.241. The fourth-order valence-corrected chi connectivity index (χ4v) is 2.27. The van der Waals surface area contributed by atoms with E-state index in [4.69, 9.17) is 4.74 Å². The van der Waals surface area contributed by atoms with E-state index in [1.54, 1.807) is 37.4 Å². The van der Waals surface area contributed by atoms with Crippen LogP contribution < -0.4 is 10.9 Å². The lowest BCUT2D eigenvalue weighted by atomic mass is 10.1. The third-order valence-corrected chi connectivity index (χ3v) is 3.43. The highest BCUT2D eigenvalue weighted by Crippen LogP contribution is 2.15. The molecule has 0 saturated carbocycles. The van der Waals surface area contributed by atoms with Gasteiger partial charge in [0.25, 0.3) is 11.5 Å². The first-order valence-corrected chi connectivity index (χ1v) is 7.04. The summed E-state index contributed by atoms with van der Waals surface area (Å²) >= 11 is 0. The van der Waals surface area contributed by atoms with Gasteiger partial charge in [-0.15, -0.1) is 0 Å². The predicted octanol–water partition coefficient (Wildman–Crippen LogP) is 2.32. The molecule has 3 rings (SSSR count). The van der Waals surface area contributed by atoms with Crippen LogP contribution in [-0.4, -0.2) is 23.0 Å². The first kappa shape index (κ1) is 14.9. The smallest absolute Gasteiger partial charge is 0.258 e. The molecule has 0 radical (unpaired) electrons. The van der Waals surface area contributed by atoms with Gasteiger partial charge in [0.05, 0.1) is 23.8 Å². The Bertz CT molecular complexity index is 901. The van der Waals surface area contributed by atoms with Crippen molar-refractivity contribution in [3.63, 3.8) is 0 Å². The number of aromatic nitrogens is 2. The largest absolute Gasteiger partial charge is 0.380 e. The maximum absolute atomic E-state index is 12.3. The molecule has 6 heteroatoms. The third kappa shape index (κ3) is 3.27. The Balaban J connectivity index is 1.82. The lowest BCUT2D eigenvalue weighted by Gasteiger charge is -2.07. The summed E-state index contributed by atoms with van der Waals surface area (Å²) in [5.74, 6) is -0.242. The number of benzene rings is 2. The molecular weight excluding hydrogens is 294 g/mol. The summed E-state index contributed by atoms with van der Waals surface area (Å²) in [6.45, 7) is 0.502. The minimum Gasteiger partial charge on any atom is -0.380 e. The van der Waals surface area contributed by atoms with Crippen molar-refractivity contribution in [2.45, 2.75) is 6.61 Å². The lowest BCUT2D eigenvalue weighted by molar-refractivity contribution is 0.102. The maximum atomic E-state index is 12.3. The molecule has 1 aromatic heterocycles.